The standard InChI is InChI=1S/C14H16BrN3S/c1-11(15)10-17-6-8-18(9-7-17)14-16-12-4-2-3-5-13(12)19-14/h2-5,10H,6-9H2,1H3/b11-10-. The molecule has 1 aromatic heterocycles. The molecule has 3 nitrogen and oxygen atoms in total. The molecule has 100 valence electrons. The quantitative estimate of drug-likeness (QED) is 0.833. The van der Waals surface area contributed by atoms with Crippen LogP contribution in [-0.4, -0.2) is 36.1 Å². The maximum Gasteiger partial charge on any atom is 0.186 e. The lowest BCUT2D eigenvalue weighted by atomic mass is 10.3. The maximum atomic E-state index is 4.72. The number of thiazole rings is 1. The highest BCUT2D eigenvalue weighted by atomic mass is 79.9. The van der Waals surface area contributed by atoms with Crippen LogP contribution < -0.4 is 4.90 Å². The highest BCUT2D eigenvalue weighted by Gasteiger charge is 2.18. The Kier molecular flexibility index (Phi) is 3.75. The third kappa shape index (κ3) is 2.92. The van der Waals surface area contributed by atoms with Crippen LogP contribution in [-0.2, 0) is 0 Å². The number of nitrogens with zero attached hydrogens (tertiary/aromatic N) is 3. The molecular formula is C14H16BrN3S. The van der Waals surface area contributed by atoms with Crippen molar-refractivity contribution in [3.8, 4) is 0 Å². The van der Waals surface area contributed by atoms with Gasteiger partial charge in [-0.05, 0) is 19.1 Å². The number of fused-ring (bicyclic) bond motifs is 1. The van der Waals surface area contributed by atoms with Gasteiger partial charge in [0.25, 0.3) is 0 Å². The van der Waals surface area contributed by atoms with Crippen LogP contribution in [0.1, 0.15) is 6.92 Å². The first kappa shape index (κ1) is 12.9. The molecule has 0 saturated carbocycles. The number of hydrogen-bond donors (Lipinski definition) is 0. The summed E-state index contributed by atoms with van der Waals surface area (Å²) in [5, 5.41) is 1.15. The minimum Gasteiger partial charge on any atom is -0.373 e. The summed E-state index contributed by atoms with van der Waals surface area (Å²) in [6, 6.07) is 8.35. The SMILES string of the molecule is C/C(Br)=C/N1CCN(c2nc3ccccc3s2)CC1. The summed E-state index contributed by atoms with van der Waals surface area (Å²) >= 11 is 5.28. The maximum absolute atomic E-state index is 4.72. The summed E-state index contributed by atoms with van der Waals surface area (Å²) in [5.74, 6) is 0. The number of aromatic nitrogens is 1. The number of allylic oxidation sites excluding steroid dienone is 1. The van der Waals surface area contributed by atoms with E-state index in [1.54, 1.807) is 11.3 Å². The first-order valence-electron chi connectivity index (χ1n) is 6.41. The van der Waals surface area contributed by atoms with Gasteiger partial charge in [0, 0.05) is 36.9 Å². The van der Waals surface area contributed by atoms with E-state index in [1.165, 1.54) is 9.18 Å². The largest absolute Gasteiger partial charge is 0.373 e. The molecule has 5 heteroatoms. The van der Waals surface area contributed by atoms with Crippen LogP contribution >= 0.6 is 27.3 Å². The van der Waals surface area contributed by atoms with Gasteiger partial charge < -0.3 is 9.80 Å². The summed E-state index contributed by atoms with van der Waals surface area (Å²) in [4.78, 5) is 9.47. The molecule has 1 aliphatic rings. The van der Waals surface area contributed by atoms with E-state index in [0.717, 1.165) is 36.8 Å². The third-order valence-corrected chi connectivity index (χ3v) is 4.53. The Morgan fingerprint density at radius 2 is 2.00 bits per heavy atom. The molecule has 1 aliphatic heterocycles. The summed E-state index contributed by atoms with van der Waals surface area (Å²) in [6.45, 7) is 6.25. The second-order valence-electron chi connectivity index (χ2n) is 4.70. The van der Waals surface area contributed by atoms with E-state index in [2.05, 4.69) is 57.1 Å². The highest BCUT2D eigenvalue weighted by molar-refractivity contribution is 9.11. The Morgan fingerprint density at radius 3 is 2.68 bits per heavy atom. The van der Waals surface area contributed by atoms with Crippen LogP contribution in [0.15, 0.2) is 34.9 Å². The number of anilines is 1. The van der Waals surface area contributed by atoms with Crippen molar-refractivity contribution in [1.82, 2.24) is 9.88 Å². The second kappa shape index (κ2) is 5.51. The van der Waals surface area contributed by atoms with Crippen LogP contribution in [0.4, 0.5) is 5.13 Å². The van der Waals surface area contributed by atoms with E-state index < -0.39 is 0 Å². The average Bonchev–Trinajstić information content (AvgIpc) is 2.82. The molecule has 0 radical (unpaired) electrons. The molecule has 1 aromatic carbocycles. The summed E-state index contributed by atoms with van der Waals surface area (Å²) < 4.78 is 2.46. The van der Waals surface area contributed by atoms with Crippen molar-refractivity contribution in [1.29, 1.82) is 0 Å². The van der Waals surface area contributed by atoms with Crippen LogP contribution in [0, 0.1) is 0 Å². The van der Waals surface area contributed by atoms with E-state index in [9.17, 15) is 0 Å². The number of para-hydroxylation sites is 1. The highest BCUT2D eigenvalue weighted by Crippen LogP contribution is 2.29. The lowest BCUT2D eigenvalue weighted by molar-refractivity contribution is 0.348. The number of rotatable bonds is 2. The van der Waals surface area contributed by atoms with E-state index in [0.29, 0.717) is 0 Å². The van der Waals surface area contributed by atoms with Gasteiger partial charge in [0.1, 0.15) is 0 Å². The Morgan fingerprint density at radius 1 is 1.26 bits per heavy atom. The fraction of sp³-hybridized carbons (Fsp3) is 0.357. The van der Waals surface area contributed by atoms with Gasteiger partial charge in [0.15, 0.2) is 5.13 Å². The monoisotopic (exact) mass is 337 g/mol. The van der Waals surface area contributed by atoms with Crippen molar-refractivity contribution in [3.05, 3.63) is 34.9 Å². The molecule has 0 atom stereocenters. The van der Waals surface area contributed by atoms with Crippen molar-refractivity contribution in [2.24, 2.45) is 0 Å². The van der Waals surface area contributed by atoms with Gasteiger partial charge in [-0.3, -0.25) is 0 Å². The minimum atomic E-state index is 1.04. The number of benzene rings is 1. The molecule has 2 heterocycles. The van der Waals surface area contributed by atoms with Crippen molar-refractivity contribution < 1.29 is 0 Å². The molecule has 0 N–H and O–H groups in total. The zero-order chi connectivity index (χ0) is 13.2. The molecule has 3 rings (SSSR count). The molecule has 0 amide bonds. The van der Waals surface area contributed by atoms with E-state index in [-0.39, 0.29) is 0 Å². The number of piperazine rings is 1. The van der Waals surface area contributed by atoms with Gasteiger partial charge in [-0.1, -0.05) is 39.4 Å². The molecule has 19 heavy (non-hydrogen) atoms. The number of halogens is 1. The first-order chi connectivity index (χ1) is 9.22. The lowest BCUT2D eigenvalue weighted by Gasteiger charge is -2.34. The Bertz CT molecular complexity index is 563. The van der Waals surface area contributed by atoms with Crippen molar-refractivity contribution in [3.63, 3.8) is 0 Å². The zero-order valence-corrected chi connectivity index (χ0v) is 13.2. The molecule has 0 bridgehead atoms. The van der Waals surface area contributed by atoms with Crippen molar-refractivity contribution in [2.75, 3.05) is 31.1 Å². The van der Waals surface area contributed by atoms with Gasteiger partial charge >= 0.3 is 0 Å². The fourth-order valence-corrected chi connectivity index (χ4v) is 3.60. The van der Waals surface area contributed by atoms with Gasteiger partial charge in [-0.15, -0.1) is 0 Å². The third-order valence-electron chi connectivity index (χ3n) is 3.23. The second-order valence-corrected chi connectivity index (χ2v) is 6.96. The van der Waals surface area contributed by atoms with Crippen molar-refractivity contribution in [2.45, 2.75) is 6.92 Å². The van der Waals surface area contributed by atoms with E-state index in [1.807, 2.05) is 6.07 Å². The van der Waals surface area contributed by atoms with Gasteiger partial charge in [0.2, 0.25) is 0 Å². The van der Waals surface area contributed by atoms with Crippen molar-refractivity contribution >= 4 is 42.6 Å². The predicted octanol–water partition coefficient (Wildman–Crippen LogP) is 3.67. The molecule has 0 unspecified atom stereocenters. The fourth-order valence-electron chi connectivity index (χ4n) is 2.29. The van der Waals surface area contributed by atoms with Gasteiger partial charge in [0.05, 0.1) is 10.2 Å². The van der Waals surface area contributed by atoms with E-state index >= 15 is 0 Å². The Labute approximate surface area is 125 Å². The minimum absolute atomic E-state index is 1.04. The topological polar surface area (TPSA) is 19.4 Å². The molecule has 1 saturated heterocycles. The van der Waals surface area contributed by atoms with Crippen LogP contribution in [0.3, 0.4) is 0 Å². The summed E-state index contributed by atoms with van der Waals surface area (Å²) in [6.07, 6.45) is 2.18. The molecule has 1 fully saturated rings. The molecule has 0 aliphatic carbocycles. The normalized spacial score (nSPS) is 17.3. The Balaban J connectivity index is 1.73. The predicted molar refractivity (Wildman–Crippen MR) is 86.1 cm³/mol. The zero-order valence-electron chi connectivity index (χ0n) is 10.8. The van der Waals surface area contributed by atoms with E-state index in [4.69, 9.17) is 4.98 Å². The molecule has 0 spiro atoms. The smallest absolute Gasteiger partial charge is 0.186 e. The van der Waals surface area contributed by atoms with Gasteiger partial charge in [-0.25, -0.2) is 4.98 Å². The number of hydrogen-bond acceptors (Lipinski definition) is 4. The lowest BCUT2D eigenvalue weighted by Crippen LogP contribution is -2.44. The molecule has 2 aromatic rings. The van der Waals surface area contributed by atoms with Crippen LogP contribution in [0.2, 0.25) is 0 Å². The Hall–Kier alpha value is -1.07. The summed E-state index contributed by atoms with van der Waals surface area (Å²) in [7, 11) is 0. The summed E-state index contributed by atoms with van der Waals surface area (Å²) in [5.41, 5.74) is 1.11. The molecular weight excluding hydrogens is 322 g/mol. The van der Waals surface area contributed by atoms with Gasteiger partial charge in [-0.2, -0.15) is 0 Å². The van der Waals surface area contributed by atoms with Crippen LogP contribution in [0.25, 0.3) is 10.2 Å². The van der Waals surface area contributed by atoms with Crippen LogP contribution in [0.5, 0.6) is 0 Å². The average molecular weight is 338 g/mol. The first-order valence-corrected chi connectivity index (χ1v) is 8.02.